The number of ether oxygens (including phenoxy) is 1. The minimum atomic E-state index is -0.524. The van der Waals surface area contributed by atoms with Crippen LogP contribution in [0.2, 0.25) is 0 Å². The third-order valence-electron chi connectivity index (χ3n) is 4.53. The van der Waals surface area contributed by atoms with Crippen molar-refractivity contribution in [1.82, 2.24) is 15.4 Å². The van der Waals surface area contributed by atoms with Crippen LogP contribution >= 0.6 is 0 Å². The van der Waals surface area contributed by atoms with Crippen LogP contribution in [0, 0.1) is 12.3 Å². The molecule has 1 atom stereocenters. The van der Waals surface area contributed by atoms with Gasteiger partial charge in [0, 0.05) is 31.5 Å². The predicted octanol–water partition coefficient (Wildman–Crippen LogP) is 3.31. The van der Waals surface area contributed by atoms with Gasteiger partial charge in [0.25, 0.3) is 5.91 Å². The van der Waals surface area contributed by atoms with Gasteiger partial charge >= 0.3 is 6.09 Å². The van der Waals surface area contributed by atoms with E-state index >= 15 is 0 Å². The Balaban J connectivity index is 1.98. The van der Waals surface area contributed by atoms with Gasteiger partial charge in [0.2, 0.25) is 0 Å². The number of hydrogen-bond acceptors (Lipinski definition) is 5. The van der Waals surface area contributed by atoms with Crippen molar-refractivity contribution in [2.75, 3.05) is 19.6 Å². The van der Waals surface area contributed by atoms with Crippen molar-refractivity contribution < 1.29 is 18.8 Å². The molecule has 1 N–H and O–H groups in total. The zero-order valence-corrected chi connectivity index (χ0v) is 16.8. The fourth-order valence-corrected chi connectivity index (χ4v) is 3.19. The maximum atomic E-state index is 13.0. The number of carbonyl (C=O) groups is 2. The van der Waals surface area contributed by atoms with E-state index < -0.39 is 11.7 Å². The summed E-state index contributed by atoms with van der Waals surface area (Å²) in [5.41, 5.74) is 0.530. The molecular weight excluding hydrogens is 334 g/mol. The van der Waals surface area contributed by atoms with Crippen LogP contribution in [-0.4, -0.2) is 47.3 Å². The average Bonchev–Trinajstić information content (AvgIpc) is 3.08. The Labute approximate surface area is 155 Å². The van der Waals surface area contributed by atoms with E-state index in [0.29, 0.717) is 43.1 Å². The first-order chi connectivity index (χ1) is 12.0. The van der Waals surface area contributed by atoms with Gasteiger partial charge in [-0.15, -0.1) is 0 Å². The van der Waals surface area contributed by atoms with Crippen molar-refractivity contribution in [3.63, 3.8) is 0 Å². The molecule has 0 aromatic carbocycles. The first-order valence-corrected chi connectivity index (χ1v) is 9.26. The Bertz CT molecular complexity index is 662. The number of aryl methyl sites for hydroxylation is 2. The summed E-state index contributed by atoms with van der Waals surface area (Å²) in [4.78, 5) is 26.7. The Kier molecular flexibility index (Phi) is 5.98. The van der Waals surface area contributed by atoms with E-state index in [1.165, 1.54) is 0 Å². The lowest BCUT2D eigenvalue weighted by molar-refractivity contribution is 0.0504. The van der Waals surface area contributed by atoms with Gasteiger partial charge in [-0.25, -0.2) is 4.79 Å². The fraction of sp³-hybridized carbons (Fsp3) is 0.737. The van der Waals surface area contributed by atoms with E-state index in [4.69, 9.17) is 9.26 Å². The Morgan fingerprint density at radius 2 is 2.08 bits per heavy atom. The second-order valence-electron chi connectivity index (χ2n) is 8.46. The van der Waals surface area contributed by atoms with Gasteiger partial charge in [0.15, 0.2) is 0 Å². The zero-order chi connectivity index (χ0) is 19.5. The van der Waals surface area contributed by atoms with Crippen molar-refractivity contribution in [1.29, 1.82) is 0 Å². The van der Waals surface area contributed by atoms with E-state index in [0.717, 1.165) is 12.8 Å². The maximum Gasteiger partial charge on any atom is 0.407 e. The summed E-state index contributed by atoms with van der Waals surface area (Å²) in [7, 11) is 0. The largest absolute Gasteiger partial charge is 0.444 e. The molecule has 2 rings (SSSR count). The van der Waals surface area contributed by atoms with Gasteiger partial charge < -0.3 is 19.5 Å². The van der Waals surface area contributed by atoms with Gasteiger partial charge in [0.05, 0.1) is 5.69 Å². The van der Waals surface area contributed by atoms with Gasteiger partial charge in [-0.05, 0) is 40.5 Å². The summed E-state index contributed by atoms with van der Waals surface area (Å²) in [5, 5.41) is 6.79. The average molecular weight is 365 g/mol. The van der Waals surface area contributed by atoms with Crippen molar-refractivity contribution in [3.05, 3.63) is 17.0 Å². The molecule has 0 radical (unpaired) electrons. The molecule has 7 heteroatoms. The highest BCUT2D eigenvalue weighted by molar-refractivity contribution is 5.96. The molecule has 26 heavy (non-hydrogen) atoms. The molecular formula is C19H31N3O4. The monoisotopic (exact) mass is 365 g/mol. The van der Waals surface area contributed by atoms with Crippen LogP contribution in [0.15, 0.2) is 4.52 Å². The number of aromatic nitrogens is 1. The summed E-state index contributed by atoms with van der Waals surface area (Å²) in [6, 6.07) is 0. The number of amides is 2. The van der Waals surface area contributed by atoms with Crippen molar-refractivity contribution in [3.8, 4) is 0 Å². The molecule has 146 valence electrons. The highest BCUT2D eigenvalue weighted by Crippen LogP contribution is 2.31. The molecule has 1 aliphatic rings. The molecule has 1 aliphatic heterocycles. The van der Waals surface area contributed by atoms with Crippen LogP contribution in [0.25, 0.3) is 0 Å². The Morgan fingerprint density at radius 3 is 2.69 bits per heavy atom. The summed E-state index contributed by atoms with van der Waals surface area (Å²) in [6.45, 7) is 13.1. The van der Waals surface area contributed by atoms with E-state index in [-0.39, 0.29) is 11.3 Å². The van der Waals surface area contributed by atoms with Crippen LogP contribution in [0.1, 0.15) is 69.3 Å². The molecule has 0 bridgehead atoms. The Morgan fingerprint density at radius 1 is 1.38 bits per heavy atom. The summed E-state index contributed by atoms with van der Waals surface area (Å²) in [6.07, 6.45) is 1.99. The normalized spacial score (nSPS) is 20.3. The lowest BCUT2D eigenvalue weighted by atomic mass is 9.90. The van der Waals surface area contributed by atoms with E-state index in [9.17, 15) is 9.59 Å². The minimum absolute atomic E-state index is 0.0341. The van der Waals surface area contributed by atoms with Crippen LogP contribution in [0.4, 0.5) is 4.79 Å². The fourth-order valence-electron chi connectivity index (χ4n) is 3.19. The summed E-state index contributed by atoms with van der Waals surface area (Å²) >= 11 is 0. The molecule has 1 aromatic heterocycles. The first kappa shape index (κ1) is 20.3. The quantitative estimate of drug-likeness (QED) is 0.865. The van der Waals surface area contributed by atoms with Crippen LogP contribution < -0.4 is 5.32 Å². The van der Waals surface area contributed by atoms with Crippen molar-refractivity contribution >= 4 is 12.0 Å². The van der Waals surface area contributed by atoms with Gasteiger partial charge in [0.1, 0.15) is 16.9 Å². The molecule has 1 saturated heterocycles. The van der Waals surface area contributed by atoms with Crippen LogP contribution in [-0.2, 0) is 11.2 Å². The van der Waals surface area contributed by atoms with Crippen molar-refractivity contribution in [2.24, 2.45) is 5.41 Å². The lowest BCUT2D eigenvalue weighted by Gasteiger charge is -2.26. The number of nitrogens with one attached hydrogen (secondary N) is 1. The predicted molar refractivity (Wildman–Crippen MR) is 98.1 cm³/mol. The van der Waals surface area contributed by atoms with Gasteiger partial charge in [-0.1, -0.05) is 19.0 Å². The van der Waals surface area contributed by atoms with Crippen LogP contribution in [0.5, 0.6) is 0 Å². The number of nitrogens with zero attached hydrogens (tertiary/aromatic N) is 2. The molecule has 2 heterocycles. The third kappa shape index (κ3) is 4.99. The lowest BCUT2D eigenvalue weighted by Crippen LogP contribution is -2.41. The van der Waals surface area contributed by atoms with Gasteiger partial charge in [-0.3, -0.25) is 4.79 Å². The highest BCUT2D eigenvalue weighted by Gasteiger charge is 2.38. The SMILES string of the molecule is CCCc1onc(C)c1C(=O)N1CC[C@@](C)(CNC(=O)OC(C)(C)C)C1. The molecule has 0 unspecified atom stereocenters. The van der Waals surface area contributed by atoms with Gasteiger partial charge in [-0.2, -0.15) is 0 Å². The summed E-state index contributed by atoms with van der Waals surface area (Å²) in [5.74, 6) is 0.628. The Hall–Kier alpha value is -2.05. The molecule has 1 aromatic rings. The number of hydrogen-bond donors (Lipinski definition) is 1. The number of alkyl carbamates (subject to hydrolysis) is 1. The third-order valence-corrected chi connectivity index (χ3v) is 4.53. The molecule has 7 nitrogen and oxygen atoms in total. The molecule has 1 fully saturated rings. The second kappa shape index (κ2) is 7.68. The molecule has 0 aliphatic carbocycles. The second-order valence-corrected chi connectivity index (χ2v) is 8.46. The standard InChI is InChI=1S/C19H31N3O4/c1-7-8-14-15(13(2)21-26-14)16(23)22-10-9-19(6,12-22)11-20-17(24)25-18(3,4)5/h7-12H2,1-6H3,(H,20,24)/t19-/m0/s1. The summed E-state index contributed by atoms with van der Waals surface area (Å²) < 4.78 is 10.6. The van der Waals surface area contributed by atoms with E-state index in [1.807, 2.05) is 32.6 Å². The van der Waals surface area contributed by atoms with Crippen LogP contribution in [0.3, 0.4) is 0 Å². The van der Waals surface area contributed by atoms with Crippen molar-refractivity contribution in [2.45, 2.75) is 66.4 Å². The zero-order valence-electron chi connectivity index (χ0n) is 16.8. The first-order valence-electron chi connectivity index (χ1n) is 9.26. The minimum Gasteiger partial charge on any atom is -0.444 e. The number of carbonyl (C=O) groups excluding carboxylic acids is 2. The molecule has 2 amide bonds. The smallest absolute Gasteiger partial charge is 0.407 e. The highest BCUT2D eigenvalue weighted by atomic mass is 16.6. The maximum absolute atomic E-state index is 13.0. The van der Waals surface area contributed by atoms with E-state index in [1.54, 1.807) is 6.92 Å². The number of likely N-dealkylation sites (tertiary alicyclic amines) is 1. The molecule has 0 spiro atoms. The molecule has 0 saturated carbocycles. The van der Waals surface area contributed by atoms with E-state index in [2.05, 4.69) is 17.4 Å². The number of rotatable bonds is 5. The topological polar surface area (TPSA) is 84.7 Å².